The number of halogens is 1. The molecule has 16 nitrogen and oxygen atoms in total. The van der Waals surface area contributed by atoms with E-state index in [-0.39, 0.29) is 38.0 Å². The molecule has 0 radical (unpaired) electrons. The molecule has 3 saturated heterocycles. The minimum absolute atomic E-state index is 0. The normalized spacial score (nSPS) is 14.3. The Labute approximate surface area is 523 Å². The lowest BCUT2D eigenvalue weighted by Crippen LogP contribution is -2.49. The molecule has 5 heterocycles. The lowest BCUT2D eigenvalue weighted by molar-refractivity contribution is -0.119. The molecule has 3 fully saturated rings. The van der Waals surface area contributed by atoms with Crippen LogP contribution < -0.4 is 16.2 Å². The predicted molar refractivity (Wildman–Crippen MR) is 360 cm³/mol. The number of allylic oxidation sites excluding steroid dienone is 4. The van der Waals surface area contributed by atoms with E-state index in [2.05, 4.69) is 82.3 Å². The minimum atomic E-state index is -0.587. The molecule has 4 amide bonds. The number of piperazine rings is 2. The Hall–Kier alpha value is -8.06. The van der Waals surface area contributed by atoms with Crippen molar-refractivity contribution in [3.8, 4) is 11.1 Å². The van der Waals surface area contributed by atoms with Gasteiger partial charge >= 0.3 is 0 Å². The molecule has 3 aliphatic heterocycles. The van der Waals surface area contributed by atoms with E-state index in [1.54, 1.807) is 70.5 Å². The van der Waals surface area contributed by atoms with Crippen molar-refractivity contribution in [1.29, 1.82) is 5.41 Å². The molecule has 18 heteroatoms. The number of anilines is 1. The summed E-state index contributed by atoms with van der Waals surface area (Å²) in [5.41, 5.74) is 13.5. The van der Waals surface area contributed by atoms with Gasteiger partial charge in [-0.1, -0.05) is 147 Å². The summed E-state index contributed by atoms with van der Waals surface area (Å²) in [6.07, 6.45) is 11.6. The molecular formula is C69H94FN11O5S. The number of carbonyl (C=O) groups excluding carboxylic acids is 4. The SMILES string of the molecule is C.C=C/C=C(\C=C)CC(=N)c1ccccc1C(N)=O.CC.CC.CCc1cccc(-c2cnc(C(=O)N3CCC(CN4CCN(CC)CC4)CC3)c(N(C)C)c2)c1.O=CN1CCN(C(=O)c2cc(Cc3n[nH]c(=O)c4ccccc34)ccc2F)CC1.S. The van der Waals surface area contributed by atoms with E-state index in [0.29, 0.717) is 84.1 Å². The molecule has 0 atom stereocenters. The molecule has 4 N–H and O–H groups in total. The highest BCUT2D eigenvalue weighted by Crippen LogP contribution is 2.29. The molecule has 87 heavy (non-hydrogen) atoms. The molecule has 0 bridgehead atoms. The van der Waals surface area contributed by atoms with Crippen LogP contribution in [0.25, 0.3) is 21.9 Å². The molecule has 0 unspecified atom stereocenters. The second-order valence-electron chi connectivity index (χ2n) is 20.7. The zero-order valence-corrected chi connectivity index (χ0v) is 52.7. The smallest absolute Gasteiger partial charge is 0.274 e. The van der Waals surface area contributed by atoms with Gasteiger partial charge in [0.05, 0.1) is 22.3 Å². The summed E-state index contributed by atoms with van der Waals surface area (Å²) >= 11 is 0. The van der Waals surface area contributed by atoms with E-state index in [1.807, 2.05) is 69.9 Å². The average molecular weight is 1210 g/mol. The number of aromatic amines is 1. The molecule has 3 aliphatic rings. The quantitative estimate of drug-likeness (QED) is 0.0449. The summed E-state index contributed by atoms with van der Waals surface area (Å²) in [5, 5.41) is 15.9. The van der Waals surface area contributed by atoms with Crippen molar-refractivity contribution in [2.24, 2.45) is 11.7 Å². The number of H-pyrrole nitrogens is 1. The second kappa shape index (κ2) is 37.5. The Bertz CT molecular complexity index is 3310. The number of aryl methyl sites for hydroxylation is 1. The number of amides is 4. The standard InChI is InChI=1S/C28H41N5O.C21H19FN4O3.C15H16N2O.2C2H6.CH4.H2S/c1-5-22-8-7-9-24(18-22)25-19-26(30(3)4)27(29-20-25)28(34)33-12-10-23(11-13-33)21-32-16-14-31(6-2)15-17-32;22-18-6-5-14(11-17(18)21(29)26-9-7-25(13-27)8-10-26)12-19-15-3-1-2-4-16(15)20(28)24-23-19;1-3-7-11(4-2)10-14(16)12-8-5-6-9-13(12)15(17)18;2*1-2;;/h7-9,18-20,23H,5-6,10-17,21H2,1-4H3;1-6,11,13H,7-10,12H2,(H,24,28);3-9,16H,1-2,10H2,(H2,17,18);2*1-2H3;1H4;1H2/b;;11-7+,16-14?;;;;. The zero-order chi connectivity index (χ0) is 62.0. The van der Waals surface area contributed by atoms with Crippen molar-refractivity contribution in [3.05, 3.63) is 196 Å². The highest BCUT2D eigenvalue weighted by molar-refractivity contribution is 7.59. The fraction of sp³-hybridized carbons (Fsp3) is 0.391. The maximum Gasteiger partial charge on any atom is 0.274 e. The zero-order valence-electron chi connectivity index (χ0n) is 51.7. The number of nitrogens with zero attached hydrogens (tertiary/aromatic N) is 8. The maximum atomic E-state index is 14.4. The molecule has 9 rings (SSSR count). The van der Waals surface area contributed by atoms with Gasteiger partial charge in [0.15, 0.2) is 5.69 Å². The van der Waals surface area contributed by atoms with Crippen LogP contribution in [0.5, 0.6) is 0 Å². The second-order valence-corrected chi connectivity index (χ2v) is 20.7. The van der Waals surface area contributed by atoms with Gasteiger partial charge in [0.2, 0.25) is 12.3 Å². The first-order valence-corrected chi connectivity index (χ1v) is 29.8. The number of rotatable bonds is 17. The number of benzene rings is 4. The van der Waals surface area contributed by atoms with Crippen LogP contribution in [0.15, 0.2) is 145 Å². The number of nitrogens with one attached hydrogen (secondary N) is 2. The Morgan fingerprint density at radius 3 is 1.97 bits per heavy atom. The number of fused-ring (bicyclic) bond motifs is 1. The van der Waals surface area contributed by atoms with Gasteiger partial charge in [0.25, 0.3) is 17.4 Å². The van der Waals surface area contributed by atoms with Crippen molar-refractivity contribution in [2.75, 3.05) is 97.5 Å². The van der Waals surface area contributed by atoms with Crippen molar-refractivity contribution in [3.63, 3.8) is 0 Å². The molecule has 0 spiro atoms. The fourth-order valence-corrected chi connectivity index (χ4v) is 10.4. The number of hydrogen-bond acceptors (Lipinski definition) is 11. The number of likely N-dealkylation sites (tertiary alicyclic amines) is 1. The van der Waals surface area contributed by atoms with Gasteiger partial charge in [-0.25, -0.2) is 14.5 Å². The number of piperidine rings is 1. The molecule has 468 valence electrons. The summed E-state index contributed by atoms with van der Waals surface area (Å²) in [6.45, 7) is 30.0. The van der Waals surface area contributed by atoms with Crippen LogP contribution in [0.4, 0.5) is 10.1 Å². The van der Waals surface area contributed by atoms with Crippen LogP contribution in [0, 0.1) is 17.1 Å². The van der Waals surface area contributed by atoms with E-state index < -0.39 is 17.6 Å². The summed E-state index contributed by atoms with van der Waals surface area (Å²) in [5.74, 6) is -0.757. The fourth-order valence-electron chi connectivity index (χ4n) is 10.4. The van der Waals surface area contributed by atoms with Gasteiger partial charge in [-0.05, 0) is 84.3 Å². The van der Waals surface area contributed by atoms with Crippen LogP contribution >= 0.6 is 13.5 Å². The Balaban J connectivity index is 0.000000341. The lowest BCUT2D eigenvalue weighted by atomic mass is 9.95. The highest BCUT2D eigenvalue weighted by atomic mass is 32.1. The minimum Gasteiger partial charge on any atom is -0.376 e. The Morgan fingerprint density at radius 1 is 0.747 bits per heavy atom. The number of primary amides is 1. The average Bonchev–Trinajstić information content (AvgIpc) is 3.03. The van der Waals surface area contributed by atoms with Crippen LogP contribution in [0.2, 0.25) is 0 Å². The Morgan fingerprint density at radius 2 is 1.37 bits per heavy atom. The van der Waals surface area contributed by atoms with Gasteiger partial charge in [-0.2, -0.15) is 18.6 Å². The van der Waals surface area contributed by atoms with Gasteiger partial charge in [-0.15, -0.1) is 0 Å². The third-order valence-corrected chi connectivity index (χ3v) is 15.2. The van der Waals surface area contributed by atoms with Gasteiger partial charge < -0.3 is 40.5 Å². The third-order valence-electron chi connectivity index (χ3n) is 15.2. The van der Waals surface area contributed by atoms with E-state index in [4.69, 9.17) is 11.1 Å². The molecule has 0 saturated carbocycles. The number of carbonyl (C=O) groups is 4. The van der Waals surface area contributed by atoms with Crippen LogP contribution in [-0.2, 0) is 17.6 Å². The van der Waals surface area contributed by atoms with E-state index in [9.17, 15) is 28.4 Å². The van der Waals surface area contributed by atoms with Crippen LogP contribution in [0.3, 0.4) is 0 Å². The number of hydrogen-bond donors (Lipinski definition) is 3. The summed E-state index contributed by atoms with van der Waals surface area (Å²) < 4.78 is 14.4. The summed E-state index contributed by atoms with van der Waals surface area (Å²) in [4.78, 5) is 77.3. The molecular weight excluding hydrogens is 1110 g/mol. The number of nitrogens with two attached hydrogens (primary N) is 1. The van der Waals surface area contributed by atoms with Gasteiger partial charge in [0, 0.05) is 133 Å². The summed E-state index contributed by atoms with van der Waals surface area (Å²) in [7, 11) is 3.98. The molecule has 0 aliphatic carbocycles. The van der Waals surface area contributed by atoms with Crippen molar-refractivity contribution >= 4 is 59.8 Å². The van der Waals surface area contributed by atoms with E-state index in [0.717, 1.165) is 73.1 Å². The third kappa shape index (κ3) is 20.5. The summed E-state index contributed by atoms with van der Waals surface area (Å²) in [6, 6.07) is 29.1. The lowest BCUT2D eigenvalue weighted by Gasteiger charge is -2.38. The van der Waals surface area contributed by atoms with Gasteiger partial charge in [0.1, 0.15) is 5.82 Å². The molecule has 2 aromatic heterocycles. The number of likely N-dealkylation sites (N-methyl/N-ethyl adjacent to an activating group) is 1. The van der Waals surface area contributed by atoms with Crippen LogP contribution in [0.1, 0.15) is 122 Å². The first-order chi connectivity index (χ1) is 41.1. The topological polar surface area (TPSA) is 196 Å². The monoisotopic (exact) mass is 1210 g/mol. The van der Waals surface area contributed by atoms with Crippen LogP contribution in [-0.4, -0.2) is 162 Å². The largest absolute Gasteiger partial charge is 0.376 e. The maximum absolute atomic E-state index is 14.4. The van der Waals surface area contributed by atoms with Crippen molar-refractivity contribution in [2.45, 2.75) is 81.1 Å². The predicted octanol–water partition coefficient (Wildman–Crippen LogP) is 11.1. The van der Waals surface area contributed by atoms with E-state index >= 15 is 0 Å². The first kappa shape index (κ1) is 73.2. The molecule has 6 aromatic rings. The number of aromatic nitrogens is 3. The Kier molecular flexibility index (Phi) is 31.5. The van der Waals surface area contributed by atoms with Gasteiger partial charge in [-0.3, -0.25) is 24.0 Å². The first-order valence-electron chi connectivity index (χ1n) is 29.8. The van der Waals surface area contributed by atoms with E-state index in [1.165, 1.54) is 50.4 Å². The highest BCUT2D eigenvalue weighted by Gasteiger charge is 2.29. The van der Waals surface area contributed by atoms with Crippen molar-refractivity contribution in [1.82, 2.24) is 39.7 Å². The molecule has 4 aromatic carbocycles. The van der Waals surface area contributed by atoms with Crippen molar-refractivity contribution < 1.29 is 23.6 Å². The number of pyridine rings is 1.